The Morgan fingerprint density at radius 2 is 2.04 bits per heavy atom. The quantitative estimate of drug-likeness (QED) is 0.502. The van der Waals surface area contributed by atoms with Crippen molar-refractivity contribution < 1.29 is 19.2 Å². The van der Waals surface area contributed by atoms with Crippen molar-refractivity contribution >= 4 is 17.3 Å². The molecule has 23 heavy (non-hydrogen) atoms. The first-order chi connectivity index (χ1) is 11.1. The highest BCUT2D eigenvalue weighted by molar-refractivity contribution is 6.04. The molecule has 1 fully saturated rings. The van der Waals surface area contributed by atoms with Crippen LogP contribution in [0, 0.1) is 10.1 Å². The fourth-order valence-electron chi connectivity index (χ4n) is 1.99. The van der Waals surface area contributed by atoms with Crippen LogP contribution in [-0.2, 0) is 4.74 Å². The zero-order valence-corrected chi connectivity index (χ0v) is 12.1. The zero-order chi connectivity index (χ0) is 16.2. The maximum atomic E-state index is 12.1. The van der Waals surface area contributed by atoms with Crippen molar-refractivity contribution in [2.45, 2.75) is 6.10 Å². The summed E-state index contributed by atoms with van der Waals surface area (Å²) in [6, 6.07) is 12.8. The summed E-state index contributed by atoms with van der Waals surface area (Å²) in [6.45, 7) is 0.958. The number of hydrogen-bond acceptors (Lipinski definition) is 5. The van der Waals surface area contributed by atoms with Crippen molar-refractivity contribution in [2.24, 2.45) is 0 Å². The van der Waals surface area contributed by atoms with Crippen molar-refractivity contribution in [3.8, 4) is 5.75 Å². The minimum Gasteiger partial charge on any atom is -0.490 e. The van der Waals surface area contributed by atoms with Gasteiger partial charge in [-0.2, -0.15) is 0 Å². The number of carbonyl (C=O) groups excluding carboxylic acids is 1. The van der Waals surface area contributed by atoms with Crippen LogP contribution in [0.3, 0.4) is 0 Å². The Morgan fingerprint density at radius 3 is 2.70 bits per heavy atom. The van der Waals surface area contributed by atoms with Crippen molar-refractivity contribution in [1.82, 2.24) is 0 Å². The molecule has 7 heteroatoms. The third-order valence-corrected chi connectivity index (χ3v) is 3.23. The van der Waals surface area contributed by atoms with E-state index in [1.165, 1.54) is 12.1 Å². The number of amides is 1. The Bertz CT molecular complexity index is 729. The predicted octanol–water partition coefficient (Wildman–Crippen LogP) is 2.62. The molecule has 0 spiro atoms. The third kappa shape index (κ3) is 4.04. The van der Waals surface area contributed by atoms with E-state index in [1.807, 2.05) is 0 Å². The number of epoxide rings is 1. The maximum absolute atomic E-state index is 12.1. The molecule has 1 N–H and O–H groups in total. The molecule has 1 amide bonds. The first-order valence-electron chi connectivity index (χ1n) is 7.02. The van der Waals surface area contributed by atoms with Crippen LogP contribution in [0.4, 0.5) is 11.4 Å². The lowest BCUT2D eigenvalue weighted by Crippen LogP contribution is -2.12. The number of rotatable bonds is 6. The summed E-state index contributed by atoms with van der Waals surface area (Å²) in [4.78, 5) is 22.6. The van der Waals surface area contributed by atoms with Crippen molar-refractivity contribution in [1.29, 1.82) is 0 Å². The molecule has 1 aliphatic rings. The number of ether oxygens (including phenoxy) is 2. The molecular weight excluding hydrogens is 300 g/mol. The lowest BCUT2D eigenvalue weighted by Gasteiger charge is -2.09. The largest absolute Gasteiger partial charge is 0.490 e. The van der Waals surface area contributed by atoms with Gasteiger partial charge in [-0.15, -0.1) is 0 Å². The number of hydrogen-bond donors (Lipinski definition) is 1. The van der Waals surface area contributed by atoms with E-state index in [-0.39, 0.29) is 17.7 Å². The molecule has 1 unspecified atom stereocenters. The molecule has 7 nitrogen and oxygen atoms in total. The van der Waals surface area contributed by atoms with E-state index in [0.29, 0.717) is 30.2 Å². The first-order valence-corrected chi connectivity index (χ1v) is 7.02. The Balaban J connectivity index is 1.79. The molecule has 1 saturated heterocycles. The average molecular weight is 314 g/mol. The van der Waals surface area contributed by atoms with Crippen molar-refractivity contribution in [2.75, 3.05) is 18.5 Å². The van der Waals surface area contributed by atoms with Gasteiger partial charge in [-0.25, -0.2) is 0 Å². The second-order valence-electron chi connectivity index (χ2n) is 5.06. The van der Waals surface area contributed by atoms with E-state index < -0.39 is 4.92 Å². The smallest absolute Gasteiger partial charge is 0.275 e. The molecule has 0 saturated carbocycles. The number of benzene rings is 2. The number of nitro benzene ring substituents is 1. The van der Waals surface area contributed by atoms with E-state index in [2.05, 4.69) is 5.32 Å². The van der Waals surface area contributed by atoms with Gasteiger partial charge in [0.25, 0.3) is 11.6 Å². The molecule has 1 aliphatic heterocycles. The number of non-ortho nitro benzene ring substituents is 1. The summed E-state index contributed by atoms with van der Waals surface area (Å²) in [7, 11) is 0. The van der Waals surface area contributed by atoms with Gasteiger partial charge in [-0.05, 0) is 12.1 Å². The number of nitro groups is 1. The summed E-state index contributed by atoms with van der Waals surface area (Å²) in [6.07, 6.45) is 0.0385. The minimum atomic E-state index is -0.529. The predicted molar refractivity (Wildman–Crippen MR) is 82.7 cm³/mol. The van der Waals surface area contributed by atoms with Crippen molar-refractivity contribution in [3.05, 3.63) is 64.2 Å². The average Bonchev–Trinajstić information content (AvgIpc) is 3.38. The molecule has 2 aromatic rings. The lowest BCUT2D eigenvalue weighted by molar-refractivity contribution is -0.384. The Kier molecular flexibility index (Phi) is 4.20. The Labute approximate surface area is 132 Å². The van der Waals surface area contributed by atoms with E-state index in [9.17, 15) is 14.9 Å². The van der Waals surface area contributed by atoms with Gasteiger partial charge < -0.3 is 14.8 Å². The highest BCUT2D eigenvalue weighted by Gasteiger charge is 2.23. The summed E-state index contributed by atoms with van der Waals surface area (Å²) >= 11 is 0. The lowest BCUT2D eigenvalue weighted by atomic mass is 10.2. The first kappa shape index (κ1) is 15.0. The second kappa shape index (κ2) is 6.45. The minimum absolute atomic E-state index is 0.0385. The third-order valence-electron chi connectivity index (χ3n) is 3.23. The molecule has 0 bridgehead atoms. The highest BCUT2D eigenvalue weighted by atomic mass is 16.6. The van der Waals surface area contributed by atoms with Crippen LogP contribution in [0.25, 0.3) is 0 Å². The van der Waals surface area contributed by atoms with Gasteiger partial charge in [-0.1, -0.05) is 18.2 Å². The number of nitrogens with zero attached hydrogens (tertiary/aromatic N) is 1. The van der Waals surface area contributed by atoms with E-state index in [1.54, 1.807) is 36.4 Å². The van der Waals surface area contributed by atoms with E-state index >= 15 is 0 Å². The Hall–Kier alpha value is -2.93. The summed E-state index contributed by atoms with van der Waals surface area (Å²) in [5.41, 5.74) is 0.621. The standard InChI is InChI=1S/C16H14N2O5/c19-16(11-4-2-1-3-5-11)17-12-6-13(18(20)21)8-14(7-12)22-9-15-10-23-15/h1-8,15H,9-10H2,(H,17,19). The van der Waals surface area contributed by atoms with Gasteiger partial charge in [0.1, 0.15) is 18.5 Å². The number of nitrogens with one attached hydrogen (secondary N) is 1. The SMILES string of the molecule is O=C(Nc1cc(OCC2CO2)cc([N+](=O)[O-])c1)c1ccccc1. The summed E-state index contributed by atoms with van der Waals surface area (Å²) < 4.78 is 10.5. The normalized spacial score (nSPS) is 15.7. The van der Waals surface area contributed by atoms with Crippen LogP contribution in [0.2, 0.25) is 0 Å². The highest BCUT2D eigenvalue weighted by Crippen LogP contribution is 2.27. The maximum Gasteiger partial charge on any atom is 0.275 e. The molecule has 0 aliphatic carbocycles. The number of carbonyl (C=O) groups is 1. The van der Waals surface area contributed by atoms with Gasteiger partial charge in [-0.3, -0.25) is 14.9 Å². The topological polar surface area (TPSA) is 94.0 Å². The van der Waals surface area contributed by atoms with Gasteiger partial charge in [0.15, 0.2) is 0 Å². The van der Waals surface area contributed by atoms with Gasteiger partial charge in [0.2, 0.25) is 0 Å². The van der Waals surface area contributed by atoms with E-state index in [0.717, 1.165) is 0 Å². The van der Waals surface area contributed by atoms with Gasteiger partial charge >= 0.3 is 0 Å². The van der Waals surface area contributed by atoms with Crippen LogP contribution in [0.15, 0.2) is 48.5 Å². The van der Waals surface area contributed by atoms with Crippen LogP contribution in [0.1, 0.15) is 10.4 Å². The molecule has 118 valence electrons. The fraction of sp³-hybridized carbons (Fsp3) is 0.188. The summed E-state index contributed by atoms with van der Waals surface area (Å²) in [5.74, 6) is -0.0272. The Morgan fingerprint density at radius 1 is 1.30 bits per heavy atom. The van der Waals surface area contributed by atoms with Crippen LogP contribution in [0.5, 0.6) is 5.75 Å². The molecule has 2 aromatic carbocycles. The van der Waals surface area contributed by atoms with Gasteiger partial charge in [0, 0.05) is 17.7 Å². The van der Waals surface area contributed by atoms with E-state index in [4.69, 9.17) is 9.47 Å². The fourth-order valence-corrected chi connectivity index (χ4v) is 1.99. The van der Waals surface area contributed by atoms with Gasteiger partial charge in [0.05, 0.1) is 23.3 Å². The summed E-state index contributed by atoms with van der Waals surface area (Å²) in [5, 5.41) is 13.7. The molecule has 3 rings (SSSR count). The van der Waals surface area contributed by atoms with Crippen LogP contribution >= 0.6 is 0 Å². The van der Waals surface area contributed by atoms with Crippen LogP contribution < -0.4 is 10.1 Å². The molecule has 0 aromatic heterocycles. The molecule has 1 atom stereocenters. The molecule has 0 radical (unpaired) electrons. The zero-order valence-electron chi connectivity index (χ0n) is 12.1. The monoisotopic (exact) mass is 314 g/mol. The number of anilines is 1. The molecular formula is C16H14N2O5. The van der Waals surface area contributed by atoms with Crippen LogP contribution in [-0.4, -0.2) is 30.1 Å². The van der Waals surface area contributed by atoms with Crippen molar-refractivity contribution in [3.63, 3.8) is 0 Å². The molecule has 1 heterocycles. The second-order valence-corrected chi connectivity index (χ2v) is 5.06.